The summed E-state index contributed by atoms with van der Waals surface area (Å²) < 4.78 is 5.53. The molecule has 17 heavy (non-hydrogen) atoms. The highest BCUT2D eigenvalue weighted by Crippen LogP contribution is 2.20. The third-order valence-electron chi connectivity index (χ3n) is 3.80. The first-order valence-electron chi connectivity index (χ1n) is 6.51. The number of hydrogen-bond acceptors (Lipinski definition) is 3. The van der Waals surface area contributed by atoms with Gasteiger partial charge in [0.1, 0.15) is 0 Å². The minimum atomic E-state index is 0.627. The molecule has 1 N–H and O–H groups in total. The normalized spacial score (nSPS) is 29.2. The van der Waals surface area contributed by atoms with Crippen molar-refractivity contribution >= 4 is 0 Å². The molecular formula is C14H20N2O. The van der Waals surface area contributed by atoms with Gasteiger partial charge in [-0.25, -0.2) is 0 Å². The first-order valence-corrected chi connectivity index (χ1v) is 6.51. The second-order valence-electron chi connectivity index (χ2n) is 5.02. The average molecular weight is 232 g/mol. The molecule has 0 bridgehead atoms. The number of ether oxygens (including phenoxy) is 1. The lowest BCUT2D eigenvalue weighted by Crippen LogP contribution is -2.41. The molecule has 2 fully saturated rings. The quantitative estimate of drug-likeness (QED) is 0.849. The summed E-state index contributed by atoms with van der Waals surface area (Å²) in [5.41, 5.74) is 1.37. The van der Waals surface area contributed by atoms with Crippen molar-refractivity contribution < 1.29 is 4.74 Å². The molecular weight excluding hydrogens is 212 g/mol. The topological polar surface area (TPSA) is 24.5 Å². The fraction of sp³-hybridized carbons (Fsp3) is 0.571. The van der Waals surface area contributed by atoms with Crippen LogP contribution in [0.3, 0.4) is 0 Å². The minimum absolute atomic E-state index is 0.627. The Labute approximate surface area is 103 Å². The van der Waals surface area contributed by atoms with E-state index in [0.29, 0.717) is 12.1 Å². The van der Waals surface area contributed by atoms with Gasteiger partial charge in [0.2, 0.25) is 0 Å². The van der Waals surface area contributed by atoms with Gasteiger partial charge >= 0.3 is 0 Å². The SMILES string of the molecule is c1ccc(CN[C@@H]2C[C@@H]3COCCN3C2)cc1. The van der Waals surface area contributed by atoms with Gasteiger partial charge in [-0.1, -0.05) is 30.3 Å². The minimum Gasteiger partial charge on any atom is -0.378 e. The first kappa shape index (κ1) is 11.2. The van der Waals surface area contributed by atoms with E-state index in [1.165, 1.54) is 18.5 Å². The Kier molecular flexibility index (Phi) is 3.41. The van der Waals surface area contributed by atoms with E-state index in [2.05, 4.69) is 40.5 Å². The number of nitrogens with zero attached hydrogens (tertiary/aromatic N) is 1. The maximum absolute atomic E-state index is 5.53. The van der Waals surface area contributed by atoms with Crippen molar-refractivity contribution in [1.82, 2.24) is 10.2 Å². The van der Waals surface area contributed by atoms with E-state index in [9.17, 15) is 0 Å². The van der Waals surface area contributed by atoms with Crippen LogP contribution in [-0.2, 0) is 11.3 Å². The van der Waals surface area contributed by atoms with Crippen LogP contribution in [0.15, 0.2) is 30.3 Å². The molecule has 2 aliphatic rings. The molecule has 0 amide bonds. The standard InChI is InChI=1S/C14H20N2O/c1-2-4-12(5-3-1)9-15-13-8-14-11-17-7-6-16(14)10-13/h1-5,13-15H,6-11H2/t13-,14-/m1/s1. The van der Waals surface area contributed by atoms with Crippen LogP contribution in [0.1, 0.15) is 12.0 Å². The van der Waals surface area contributed by atoms with E-state index in [4.69, 9.17) is 4.74 Å². The van der Waals surface area contributed by atoms with E-state index in [1.807, 2.05) is 0 Å². The highest BCUT2D eigenvalue weighted by atomic mass is 16.5. The Morgan fingerprint density at radius 3 is 3.00 bits per heavy atom. The maximum atomic E-state index is 5.53. The molecule has 2 heterocycles. The summed E-state index contributed by atoms with van der Waals surface area (Å²) in [6, 6.07) is 11.9. The van der Waals surface area contributed by atoms with Gasteiger partial charge in [-0.2, -0.15) is 0 Å². The van der Waals surface area contributed by atoms with Gasteiger partial charge in [-0.3, -0.25) is 4.90 Å². The van der Waals surface area contributed by atoms with Crippen molar-refractivity contribution in [2.75, 3.05) is 26.3 Å². The molecule has 92 valence electrons. The van der Waals surface area contributed by atoms with Crippen LogP contribution in [0.2, 0.25) is 0 Å². The van der Waals surface area contributed by atoms with Gasteiger partial charge in [-0.15, -0.1) is 0 Å². The molecule has 1 aromatic carbocycles. The molecule has 3 heteroatoms. The molecule has 0 unspecified atom stereocenters. The lowest BCUT2D eigenvalue weighted by molar-refractivity contribution is 0.0128. The Balaban J connectivity index is 1.50. The number of rotatable bonds is 3. The molecule has 0 radical (unpaired) electrons. The van der Waals surface area contributed by atoms with Crippen molar-refractivity contribution in [2.24, 2.45) is 0 Å². The van der Waals surface area contributed by atoms with Crippen LogP contribution in [0.4, 0.5) is 0 Å². The molecule has 0 spiro atoms. The fourth-order valence-corrected chi connectivity index (χ4v) is 2.84. The fourth-order valence-electron chi connectivity index (χ4n) is 2.84. The van der Waals surface area contributed by atoms with Gasteiger partial charge in [-0.05, 0) is 12.0 Å². The predicted octanol–water partition coefficient (Wildman–Crippen LogP) is 1.25. The van der Waals surface area contributed by atoms with Crippen LogP contribution in [0.25, 0.3) is 0 Å². The van der Waals surface area contributed by atoms with Crippen molar-refractivity contribution in [3.63, 3.8) is 0 Å². The number of benzene rings is 1. The van der Waals surface area contributed by atoms with Crippen LogP contribution in [0.5, 0.6) is 0 Å². The molecule has 2 saturated heterocycles. The average Bonchev–Trinajstić information content (AvgIpc) is 2.80. The van der Waals surface area contributed by atoms with Gasteiger partial charge < -0.3 is 10.1 Å². The number of fused-ring (bicyclic) bond motifs is 1. The van der Waals surface area contributed by atoms with Gasteiger partial charge in [0.05, 0.1) is 13.2 Å². The zero-order valence-corrected chi connectivity index (χ0v) is 10.1. The Morgan fingerprint density at radius 2 is 2.18 bits per heavy atom. The van der Waals surface area contributed by atoms with E-state index >= 15 is 0 Å². The molecule has 0 aromatic heterocycles. The zero-order chi connectivity index (χ0) is 11.5. The molecule has 1 aromatic rings. The molecule has 3 nitrogen and oxygen atoms in total. The highest BCUT2D eigenvalue weighted by molar-refractivity contribution is 5.14. The second kappa shape index (κ2) is 5.17. The van der Waals surface area contributed by atoms with Crippen LogP contribution in [-0.4, -0.2) is 43.3 Å². The van der Waals surface area contributed by atoms with Crippen molar-refractivity contribution in [3.05, 3.63) is 35.9 Å². The number of nitrogens with one attached hydrogen (secondary N) is 1. The second-order valence-corrected chi connectivity index (χ2v) is 5.02. The summed E-state index contributed by atoms with van der Waals surface area (Å²) in [6.45, 7) is 5.09. The van der Waals surface area contributed by atoms with Crippen LogP contribution < -0.4 is 5.32 Å². The van der Waals surface area contributed by atoms with Crippen molar-refractivity contribution in [1.29, 1.82) is 0 Å². The maximum Gasteiger partial charge on any atom is 0.0623 e. The van der Waals surface area contributed by atoms with Crippen molar-refractivity contribution in [3.8, 4) is 0 Å². The summed E-state index contributed by atoms with van der Waals surface area (Å²) in [6.07, 6.45) is 1.23. The zero-order valence-electron chi connectivity index (χ0n) is 10.1. The summed E-state index contributed by atoms with van der Waals surface area (Å²) in [5.74, 6) is 0. The molecule has 2 aliphatic heterocycles. The third kappa shape index (κ3) is 2.68. The predicted molar refractivity (Wildman–Crippen MR) is 67.9 cm³/mol. The lowest BCUT2D eigenvalue weighted by Gasteiger charge is -2.28. The summed E-state index contributed by atoms with van der Waals surface area (Å²) in [7, 11) is 0. The van der Waals surface area contributed by atoms with Gasteiger partial charge in [0.25, 0.3) is 0 Å². The summed E-state index contributed by atoms with van der Waals surface area (Å²) >= 11 is 0. The monoisotopic (exact) mass is 232 g/mol. The van der Waals surface area contributed by atoms with Crippen LogP contribution in [0, 0.1) is 0 Å². The largest absolute Gasteiger partial charge is 0.378 e. The van der Waals surface area contributed by atoms with E-state index < -0.39 is 0 Å². The number of morpholine rings is 1. The first-order chi connectivity index (χ1) is 8.42. The molecule has 0 saturated carbocycles. The van der Waals surface area contributed by atoms with E-state index in [1.54, 1.807) is 0 Å². The number of hydrogen-bond donors (Lipinski definition) is 1. The Morgan fingerprint density at radius 1 is 1.29 bits per heavy atom. The van der Waals surface area contributed by atoms with E-state index in [-0.39, 0.29) is 0 Å². The molecule has 0 aliphatic carbocycles. The van der Waals surface area contributed by atoms with Gasteiger partial charge in [0.15, 0.2) is 0 Å². The van der Waals surface area contributed by atoms with Crippen molar-refractivity contribution in [2.45, 2.75) is 25.0 Å². The molecule has 3 rings (SSSR count). The summed E-state index contributed by atoms with van der Waals surface area (Å²) in [4.78, 5) is 2.56. The van der Waals surface area contributed by atoms with Crippen LogP contribution >= 0.6 is 0 Å². The van der Waals surface area contributed by atoms with E-state index in [0.717, 1.165) is 26.3 Å². The Hall–Kier alpha value is -0.900. The summed E-state index contributed by atoms with van der Waals surface area (Å²) in [5, 5.41) is 3.66. The third-order valence-corrected chi connectivity index (χ3v) is 3.80. The smallest absolute Gasteiger partial charge is 0.0623 e. The highest BCUT2D eigenvalue weighted by Gasteiger charge is 2.33. The Bertz CT molecular complexity index is 340. The molecule has 2 atom stereocenters. The lowest BCUT2D eigenvalue weighted by atomic mass is 10.1. The van der Waals surface area contributed by atoms with Gasteiger partial charge in [0, 0.05) is 31.7 Å².